The minimum Gasteiger partial charge on any atom is -0.508 e. The van der Waals surface area contributed by atoms with Gasteiger partial charge in [-0.3, -0.25) is 4.55 Å². The summed E-state index contributed by atoms with van der Waals surface area (Å²) in [5.74, 6) is 0.178. The van der Waals surface area contributed by atoms with Gasteiger partial charge in [0.15, 0.2) is 0 Å². The minimum absolute atomic E-state index is 0.169. The second kappa shape index (κ2) is 6.03. The van der Waals surface area contributed by atoms with Gasteiger partial charge in [-0.05, 0) is 42.8 Å². The number of phenolic OH excluding ortho intramolecular Hbond substituents is 1. The molecule has 0 fully saturated rings. The Hall–Kier alpha value is -2.77. The van der Waals surface area contributed by atoms with Crippen LogP contribution in [0.4, 0.5) is 11.4 Å². The monoisotopic (exact) mass is 342 g/mol. The van der Waals surface area contributed by atoms with Crippen LogP contribution in [0, 0.1) is 6.92 Å². The summed E-state index contributed by atoms with van der Waals surface area (Å²) in [4.78, 5) is -0.169. The Morgan fingerprint density at radius 3 is 2.29 bits per heavy atom. The van der Waals surface area contributed by atoms with E-state index in [9.17, 15) is 18.1 Å². The fraction of sp³-hybridized carbons (Fsp3) is 0.0588. The van der Waals surface area contributed by atoms with Crippen molar-refractivity contribution in [3.05, 3.63) is 60.2 Å². The maximum atomic E-state index is 11.5. The highest BCUT2D eigenvalue weighted by Crippen LogP contribution is 2.32. The molecule has 0 saturated carbocycles. The van der Waals surface area contributed by atoms with Crippen LogP contribution in [0.5, 0.6) is 5.75 Å². The molecule has 3 aromatic carbocycles. The second-order valence-corrected chi connectivity index (χ2v) is 6.66. The van der Waals surface area contributed by atoms with Gasteiger partial charge in [0, 0.05) is 10.8 Å². The number of benzene rings is 3. The van der Waals surface area contributed by atoms with E-state index in [1.54, 1.807) is 43.3 Å². The summed E-state index contributed by atoms with van der Waals surface area (Å²) in [6, 6.07) is 14.4. The summed E-state index contributed by atoms with van der Waals surface area (Å²) in [7, 11) is -4.32. The molecule has 0 aliphatic heterocycles. The lowest BCUT2D eigenvalue weighted by atomic mass is 10.1. The van der Waals surface area contributed by atoms with E-state index in [-0.39, 0.29) is 10.6 Å². The highest BCUT2D eigenvalue weighted by molar-refractivity contribution is 7.86. The average molecular weight is 342 g/mol. The van der Waals surface area contributed by atoms with E-state index in [4.69, 9.17) is 0 Å². The van der Waals surface area contributed by atoms with Crippen LogP contribution in [0.25, 0.3) is 10.8 Å². The molecular weight excluding hydrogens is 328 g/mol. The lowest BCUT2D eigenvalue weighted by Crippen LogP contribution is -1.98. The van der Waals surface area contributed by atoms with Crippen molar-refractivity contribution in [1.82, 2.24) is 0 Å². The van der Waals surface area contributed by atoms with Crippen LogP contribution in [0.3, 0.4) is 0 Å². The van der Waals surface area contributed by atoms with Gasteiger partial charge in [-0.15, -0.1) is 5.11 Å². The molecule has 0 radical (unpaired) electrons. The van der Waals surface area contributed by atoms with Crippen LogP contribution >= 0.6 is 0 Å². The van der Waals surface area contributed by atoms with Crippen molar-refractivity contribution in [3.63, 3.8) is 0 Å². The summed E-state index contributed by atoms with van der Waals surface area (Å²) in [5.41, 5.74) is 1.72. The molecule has 0 amide bonds. The lowest BCUT2D eigenvalue weighted by molar-refractivity contribution is 0.471. The normalized spacial score (nSPS) is 12.1. The number of hydrogen-bond donors (Lipinski definition) is 2. The molecule has 3 aromatic rings. The Kier molecular flexibility index (Phi) is 4.04. The maximum absolute atomic E-state index is 11.5. The number of aryl methyl sites for hydroxylation is 1. The number of fused-ring (bicyclic) bond motifs is 1. The number of hydrogen-bond acceptors (Lipinski definition) is 5. The van der Waals surface area contributed by atoms with Crippen LogP contribution < -0.4 is 0 Å². The first-order chi connectivity index (χ1) is 11.4. The van der Waals surface area contributed by atoms with Crippen LogP contribution in [-0.4, -0.2) is 18.1 Å². The molecule has 0 aliphatic rings. The van der Waals surface area contributed by atoms with E-state index in [2.05, 4.69) is 10.2 Å². The highest BCUT2D eigenvalue weighted by Gasteiger charge is 2.15. The molecule has 0 bridgehead atoms. The molecule has 0 aliphatic carbocycles. The first-order valence-electron chi connectivity index (χ1n) is 7.07. The molecular formula is C17H14N2O4S. The summed E-state index contributed by atoms with van der Waals surface area (Å²) in [5, 5.41) is 18.7. The smallest absolute Gasteiger partial charge is 0.295 e. The number of nitrogens with zero attached hydrogens (tertiary/aromatic N) is 2. The van der Waals surface area contributed by atoms with Gasteiger partial charge in [0.1, 0.15) is 10.6 Å². The van der Waals surface area contributed by atoms with Crippen molar-refractivity contribution in [3.8, 4) is 5.75 Å². The molecule has 0 saturated heterocycles. The predicted molar refractivity (Wildman–Crippen MR) is 90.8 cm³/mol. The molecule has 0 aromatic heterocycles. The summed E-state index contributed by atoms with van der Waals surface area (Å²) < 4.78 is 32.3. The molecule has 2 N–H and O–H groups in total. The zero-order valence-corrected chi connectivity index (χ0v) is 13.5. The minimum atomic E-state index is -4.32. The standard InChI is InChI=1S/C17H14N2O4S/c1-11-10-12(6-8-16(11)20)18-19-15-7-9-17(24(21,22)23)14-5-3-2-4-13(14)15/h2-10,20H,1H3,(H,21,22,23)/b19-18+. The van der Waals surface area contributed by atoms with Crippen molar-refractivity contribution in [2.75, 3.05) is 0 Å². The van der Waals surface area contributed by atoms with Gasteiger partial charge in [-0.1, -0.05) is 24.3 Å². The molecule has 24 heavy (non-hydrogen) atoms. The SMILES string of the molecule is Cc1cc(/N=N/c2ccc(S(=O)(=O)O)c3ccccc23)ccc1O. The first-order valence-corrected chi connectivity index (χ1v) is 8.51. The number of rotatable bonds is 3. The van der Waals surface area contributed by atoms with Crippen molar-refractivity contribution in [2.24, 2.45) is 10.2 Å². The highest BCUT2D eigenvalue weighted by atomic mass is 32.2. The van der Waals surface area contributed by atoms with E-state index in [0.29, 0.717) is 27.7 Å². The Balaban J connectivity index is 2.11. The van der Waals surface area contributed by atoms with Gasteiger partial charge in [-0.25, -0.2) is 0 Å². The second-order valence-electron chi connectivity index (χ2n) is 5.27. The van der Waals surface area contributed by atoms with Gasteiger partial charge >= 0.3 is 0 Å². The molecule has 3 rings (SSSR count). The topological polar surface area (TPSA) is 99.3 Å². The Labute approximate surface area is 138 Å². The summed E-state index contributed by atoms with van der Waals surface area (Å²) in [6.45, 7) is 1.75. The van der Waals surface area contributed by atoms with E-state index >= 15 is 0 Å². The van der Waals surface area contributed by atoms with E-state index in [0.717, 1.165) is 0 Å². The number of aromatic hydroxyl groups is 1. The van der Waals surface area contributed by atoms with Crippen molar-refractivity contribution < 1.29 is 18.1 Å². The average Bonchev–Trinajstić information content (AvgIpc) is 2.54. The molecule has 0 atom stereocenters. The van der Waals surface area contributed by atoms with E-state index < -0.39 is 10.1 Å². The quantitative estimate of drug-likeness (QED) is 0.540. The van der Waals surface area contributed by atoms with Crippen molar-refractivity contribution >= 4 is 32.3 Å². The molecule has 0 heterocycles. The first kappa shape index (κ1) is 16.1. The third kappa shape index (κ3) is 3.12. The molecule has 7 heteroatoms. The van der Waals surface area contributed by atoms with Gasteiger partial charge in [0.2, 0.25) is 0 Å². The molecule has 6 nitrogen and oxygen atoms in total. The van der Waals surface area contributed by atoms with Crippen LogP contribution in [0.15, 0.2) is 69.7 Å². The predicted octanol–water partition coefficient (Wildman–Crippen LogP) is 4.52. The summed E-state index contributed by atoms with van der Waals surface area (Å²) in [6.07, 6.45) is 0. The number of phenols is 1. The Morgan fingerprint density at radius 2 is 1.62 bits per heavy atom. The van der Waals surface area contributed by atoms with Crippen molar-refractivity contribution in [1.29, 1.82) is 0 Å². The zero-order chi connectivity index (χ0) is 17.3. The van der Waals surface area contributed by atoms with Crippen LogP contribution in [0.1, 0.15) is 5.56 Å². The van der Waals surface area contributed by atoms with Crippen LogP contribution in [-0.2, 0) is 10.1 Å². The van der Waals surface area contributed by atoms with Gasteiger partial charge in [-0.2, -0.15) is 13.5 Å². The third-order valence-electron chi connectivity index (χ3n) is 3.59. The van der Waals surface area contributed by atoms with E-state index in [1.807, 2.05) is 0 Å². The molecule has 0 unspecified atom stereocenters. The zero-order valence-electron chi connectivity index (χ0n) is 12.7. The van der Waals surface area contributed by atoms with Crippen LogP contribution in [0.2, 0.25) is 0 Å². The molecule has 122 valence electrons. The lowest BCUT2D eigenvalue weighted by Gasteiger charge is -2.06. The van der Waals surface area contributed by atoms with Gasteiger partial charge < -0.3 is 5.11 Å². The largest absolute Gasteiger partial charge is 0.508 e. The maximum Gasteiger partial charge on any atom is 0.295 e. The van der Waals surface area contributed by atoms with Gasteiger partial charge in [0.05, 0.1) is 11.4 Å². The van der Waals surface area contributed by atoms with E-state index in [1.165, 1.54) is 18.2 Å². The number of azo groups is 1. The van der Waals surface area contributed by atoms with Gasteiger partial charge in [0.25, 0.3) is 10.1 Å². The van der Waals surface area contributed by atoms with Crippen molar-refractivity contribution in [2.45, 2.75) is 11.8 Å². The fourth-order valence-electron chi connectivity index (χ4n) is 2.38. The third-order valence-corrected chi connectivity index (χ3v) is 4.50. The Bertz CT molecular complexity index is 1060. The molecule has 0 spiro atoms. The fourth-order valence-corrected chi connectivity index (χ4v) is 3.08. The Morgan fingerprint density at radius 1 is 0.917 bits per heavy atom. The summed E-state index contributed by atoms with van der Waals surface area (Å²) >= 11 is 0.